The number of rotatable bonds is 9. The molecule has 0 aliphatic carbocycles. The summed E-state index contributed by atoms with van der Waals surface area (Å²) in [5.74, 6) is -1.89. The Morgan fingerprint density at radius 1 is 1.20 bits per heavy atom. The van der Waals surface area contributed by atoms with Gasteiger partial charge in [-0.25, -0.2) is 4.79 Å². The second-order valence-electron chi connectivity index (χ2n) is 7.90. The van der Waals surface area contributed by atoms with Crippen LogP contribution < -0.4 is 10.6 Å². The van der Waals surface area contributed by atoms with E-state index in [9.17, 15) is 24.0 Å². The van der Waals surface area contributed by atoms with E-state index in [0.29, 0.717) is 23.6 Å². The highest BCUT2D eigenvalue weighted by atomic mass is 16.5. The number of para-hydroxylation sites is 1. The van der Waals surface area contributed by atoms with Crippen molar-refractivity contribution < 1.29 is 28.7 Å². The molecule has 1 aliphatic rings. The number of ketones is 1. The second-order valence-corrected chi connectivity index (χ2v) is 7.90. The van der Waals surface area contributed by atoms with Gasteiger partial charge in [-0.3, -0.25) is 24.1 Å². The number of esters is 1. The van der Waals surface area contributed by atoms with Gasteiger partial charge in [-0.2, -0.15) is 0 Å². The molecule has 0 aromatic heterocycles. The molecule has 1 fully saturated rings. The lowest BCUT2D eigenvalue weighted by Crippen LogP contribution is -2.44. The molecule has 2 N–H and O–H groups in total. The van der Waals surface area contributed by atoms with Gasteiger partial charge >= 0.3 is 12.0 Å². The van der Waals surface area contributed by atoms with E-state index in [2.05, 4.69) is 10.6 Å². The van der Waals surface area contributed by atoms with Crippen LogP contribution in [-0.4, -0.2) is 53.2 Å². The minimum Gasteiger partial charge on any atom is -0.454 e. The Kier molecular flexibility index (Phi) is 7.31. The fraction of sp³-hybridized carbons (Fsp3) is 0.476. The van der Waals surface area contributed by atoms with Crippen molar-refractivity contribution in [3.63, 3.8) is 0 Å². The van der Waals surface area contributed by atoms with Crippen LogP contribution in [0.4, 0.5) is 10.5 Å². The van der Waals surface area contributed by atoms with Gasteiger partial charge in [0.25, 0.3) is 11.8 Å². The Morgan fingerprint density at radius 2 is 1.87 bits per heavy atom. The van der Waals surface area contributed by atoms with Crippen molar-refractivity contribution in [1.82, 2.24) is 10.2 Å². The number of anilines is 1. The van der Waals surface area contributed by atoms with Crippen LogP contribution in [0.3, 0.4) is 0 Å². The SMILES string of the molecule is CC(=O)c1ccccc1NC(=O)COC(=O)CN1C(=O)N[C@](C)(CCC(C)C)C1=O. The van der Waals surface area contributed by atoms with Crippen molar-refractivity contribution in [2.45, 2.75) is 46.1 Å². The van der Waals surface area contributed by atoms with Crippen LogP contribution in [0.2, 0.25) is 0 Å². The number of imide groups is 1. The minimum atomic E-state index is -1.06. The van der Waals surface area contributed by atoms with Gasteiger partial charge in [0.1, 0.15) is 12.1 Å². The Bertz CT molecular complexity index is 866. The molecule has 0 bridgehead atoms. The highest BCUT2D eigenvalue weighted by Crippen LogP contribution is 2.24. The molecule has 4 amide bonds. The third-order valence-corrected chi connectivity index (χ3v) is 4.80. The first-order chi connectivity index (χ1) is 14.0. The van der Waals surface area contributed by atoms with Gasteiger partial charge in [0.15, 0.2) is 12.4 Å². The summed E-state index contributed by atoms with van der Waals surface area (Å²) in [4.78, 5) is 61.2. The maximum atomic E-state index is 12.6. The predicted molar refractivity (Wildman–Crippen MR) is 109 cm³/mol. The zero-order chi connectivity index (χ0) is 22.5. The Morgan fingerprint density at radius 3 is 2.50 bits per heavy atom. The van der Waals surface area contributed by atoms with Crippen molar-refractivity contribution in [1.29, 1.82) is 0 Å². The van der Waals surface area contributed by atoms with E-state index in [4.69, 9.17) is 4.74 Å². The fourth-order valence-corrected chi connectivity index (χ4v) is 3.04. The molecule has 0 spiro atoms. The Hall–Kier alpha value is -3.23. The van der Waals surface area contributed by atoms with Crippen molar-refractivity contribution in [3.8, 4) is 0 Å². The summed E-state index contributed by atoms with van der Waals surface area (Å²) in [6, 6.07) is 5.78. The third kappa shape index (κ3) is 5.65. The molecular formula is C21H27N3O6. The van der Waals surface area contributed by atoms with Gasteiger partial charge in [0.2, 0.25) is 0 Å². The third-order valence-electron chi connectivity index (χ3n) is 4.80. The van der Waals surface area contributed by atoms with Gasteiger partial charge in [-0.05, 0) is 44.7 Å². The summed E-state index contributed by atoms with van der Waals surface area (Å²) in [6.07, 6.45) is 1.20. The van der Waals surface area contributed by atoms with Crippen LogP contribution in [0, 0.1) is 5.92 Å². The molecule has 1 aliphatic heterocycles. The lowest BCUT2D eigenvalue weighted by molar-refractivity contribution is -0.150. The molecule has 2 rings (SSSR count). The number of hydrogen-bond acceptors (Lipinski definition) is 6. The summed E-state index contributed by atoms with van der Waals surface area (Å²) >= 11 is 0. The molecule has 30 heavy (non-hydrogen) atoms. The molecule has 1 atom stereocenters. The average molecular weight is 417 g/mol. The van der Waals surface area contributed by atoms with Crippen LogP contribution in [0.5, 0.6) is 0 Å². The number of Topliss-reactive ketones (excluding diaryl/α,β-unsaturated/α-hetero) is 1. The van der Waals surface area contributed by atoms with E-state index in [1.807, 2.05) is 13.8 Å². The molecule has 1 saturated heterocycles. The maximum Gasteiger partial charge on any atom is 0.326 e. The first-order valence-corrected chi connectivity index (χ1v) is 9.73. The van der Waals surface area contributed by atoms with Gasteiger partial charge in [0.05, 0.1) is 5.69 Å². The Labute approximate surface area is 175 Å². The summed E-state index contributed by atoms with van der Waals surface area (Å²) < 4.78 is 4.89. The average Bonchev–Trinajstić information content (AvgIpc) is 2.88. The predicted octanol–water partition coefficient (Wildman–Crippen LogP) is 2.12. The summed E-state index contributed by atoms with van der Waals surface area (Å²) in [7, 11) is 0. The molecule has 0 saturated carbocycles. The monoisotopic (exact) mass is 417 g/mol. The standard InChI is InChI=1S/C21H27N3O6/c1-13(2)9-10-21(4)19(28)24(20(29)23-21)11-18(27)30-12-17(26)22-16-8-6-5-7-15(16)14(3)25/h5-8,13H,9-12H2,1-4H3,(H,22,26)(H,23,29)/t21-/m1/s1. The van der Waals surface area contributed by atoms with E-state index < -0.39 is 42.5 Å². The minimum absolute atomic E-state index is 0.220. The number of amides is 4. The van der Waals surface area contributed by atoms with Crippen molar-refractivity contribution in [2.24, 2.45) is 5.92 Å². The van der Waals surface area contributed by atoms with E-state index in [1.165, 1.54) is 6.92 Å². The van der Waals surface area contributed by atoms with Crippen molar-refractivity contribution >= 4 is 35.3 Å². The fourth-order valence-electron chi connectivity index (χ4n) is 3.04. The molecule has 1 heterocycles. The summed E-state index contributed by atoms with van der Waals surface area (Å²) in [6.45, 7) is 5.83. The summed E-state index contributed by atoms with van der Waals surface area (Å²) in [5.41, 5.74) is -0.423. The van der Waals surface area contributed by atoms with Gasteiger partial charge in [-0.15, -0.1) is 0 Å². The lowest BCUT2D eigenvalue weighted by Gasteiger charge is -2.22. The molecular weight excluding hydrogens is 390 g/mol. The maximum absolute atomic E-state index is 12.6. The number of nitrogens with one attached hydrogen (secondary N) is 2. The number of ether oxygens (including phenoxy) is 1. The van der Waals surface area contributed by atoms with Crippen molar-refractivity contribution in [3.05, 3.63) is 29.8 Å². The number of hydrogen-bond donors (Lipinski definition) is 2. The lowest BCUT2D eigenvalue weighted by atomic mass is 9.92. The highest BCUT2D eigenvalue weighted by molar-refractivity contribution is 6.08. The van der Waals surface area contributed by atoms with Crippen molar-refractivity contribution in [2.75, 3.05) is 18.5 Å². The number of carbonyl (C=O) groups is 5. The largest absolute Gasteiger partial charge is 0.454 e. The molecule has 1 aromatic carbocycles. The molecule has 9 nitrogen and oxygen atoms in total. The van der Waals surface area contributed by atoms with Crippen LogP contribution in [0.1, 0.15) is 50.9 Å². The Balaban J connectivity index is 1.89. The van der Waals surface area contributed by atoms with Crippen LogP contribution in [0.25, 0.3) is 0 Å². The second kappa shape index (κ2) is 9.51. The quantitative estimate of drug-likeness (QED) is 0.361. The first-order valence-electron chi connectivity index (χ1n) is 9.73. The normalized spacial score (nSPS) is 18.4. The smallest absolute Gasteiger partial charge is 0.326 e. The molecule has 162 valence electrons. The van der Waals surface area contributed by atoms with Crippen LogP contribution >= 0.6 is 0 Å². The molecule has 0 unspecified atom stereocenters. The van der Waals surface area contributed by atoms with E-state index >= 15 is 0 Å². The van der Waals surface area contributed by atoms with E-state index in [-0.39, 0.29) is 5.78 Å². The summed E-state index contributed by atoms with van der Waals surface area (Å²) in [5, 5.41) is 5.13. The zero-order valence-corrected chi connectivity index (χ0v) is 17.6. The molecule has 9 heteroatoms. The molecule has 0 radical (unpaired) electrons. The number of carbonyl (C=O) groups excluding carboxylic acids is 5. The van der Waals surface area contributed by atoms with Crippen LogP contribution in [-0.2, 0) is 19.1 Å². The topological polar surface area (TPSA) is 122 Å². The number of urea groups is 1. The first kappa shape index (κ1) is 23.1. The highest BCUT2D eigenvalue weighted by Gasteiger charge is 2.48. The number of nitrogens with zero attached hydrogens (tertiary/aromatic N) is 1. The van der Waals surface area contributed by atoms with Gasteiger partial charge in [-0.1, -0.05) is 26.0 Å². The zero-order valence-electron chi connectivity index (χ0n) is 17.6. The van der Waals surface area contributed by atoms with E-state index in [0.717, 1.165) is 11.3 Å². The number of benzene rings is 1. The molecule has 1 aromatic rings. The van der Waals surface area contributed by atoms with Gasteiger partial charge < -0.3 is 15.4 Å². The van der Waals surface area contributed by atoms with Crippen LogP contribution in [0.15, 0.2) is 24.3 Å². The van der Waals surface area contributed by atoms with E-state index in [1.54, 1.807) is 31.2 Å². The van der Waals surface area contributed by atoms with Gasteiger partial charge in [0, 0.05) is 5.56 Å².